The molecule has 0 amide bonds. The van der Waals surface area contributed by atoms with Crippen LogP contribution >= 0.6 is 67.8 Å². The monoisotopic (exact) mass is 897 g/mol. The van der Waals surface area contributed by atoms with E-state index in [-0.39, 0.29) is 17.5 Å². The van der Waals surface area contributed by atoms with Crippen LogP contribution in [0.15, 0.2) is 17.7 Å². The number of carbonyl (C=O) groups excluding carboxylic acids is 1. The van der Waals surface area contributed by atoms with E-state index in [4.69, 9.17) is 10.5 Å². The number of anilines is 1. The van der Waals surface area contributed by atoms with Crippen LogP contribution in [0, 0.1) is 57.0 Å². The van der Waals surface area contributed by atoms with Crippen molar-refractivity contribution in [3.05, 3.63) is 34.0 Å². The first-order valence-corrected chi connectivity index (χ1v) is 19.4. The Morgan fingerprint density at radius 1 is 1.02 bits per heavy atom. The van der Waals surface area contributed by atoms with Crippen molar-refractivity contribution in [3.63, 3.8) is 0 Å². The molecule has 0 aromatic heterocycles. The summed E-state index contributed by atoms with van der Waals surface area (Å²) >= 11 is 6.86. The van der Waals surface area contributed by atoms with E-state index in [1.807, 2.05) is 0 Å². The molecule has 228 valence electrons. The Labute approximate surface area is 290 Å². The predicted octanol–water partition coefficient (Wildman–Crippen LogP) is 10.6. The van der Waals surface area contributed by atoms with Crippen LogP contribution in [-0.2, 0) is 16.0 Å². The lowest BCUT2D eigenvalue weighted by Crippen LogP contribution is -2.51. The van der Waals surface area contributed by atoms with Gasteiger partial charge in [0.15, 0.2) is 0 Å². The molecule has 5 rings (SSSR count). The van der Waals surface area contributed by atoms with E-state index in [2.05, 4.69) is 115 Å². The summed E-state index contributed by atoms with van der Waals surface area (Å²) in [5.74, 6) is 5.00. The molecule has 0 heterocycles. The molecule has 1 aromatic rings. The lowest BCUT2D eigenvalue weighted by molar-refractivity contribution is -0.150. The van der Waals surface area contributed by atoms with Crippen molar-refractivity contribution in [2.24, 2.45) is 46.3 Å². The van der Waals surface area contributed by atoms with Gasteiger partial charge in [-0.1, -0.05) is 65.5 Å². The van der Waals surface area contributed by atoms with Gasteiger partial charge >= 0.3 is 5.97 Å². The van der Waals surface area contributed by atoms with Gasteiger partial charge in [-0.2, -0.15) is 0 Å². The molecule has 4 aliphatic rings. The third-order valence-corrected chi connectivity index (χ3v) is 15.3. The molecular weight excluding hydrogens is 847 g/mol. The first kappa shape index (κ1) is 32.8. The number of hydrogen-bond donors (Lipinski definition) is 1. The van der Waals surface area contributed by atoms with Crippen molar-refractivity contribution < 1.29 is 9.53 Å². The van der Waals surface area contributed by atoms with E-state index < -0.39 is 0 Å². The van der Waals surface area contributed by atoms with E-state index in [1.165, 1.54) is 51.4 Å². The van der Waals surface area contributed by atoms with E-state index in [0.29, 0.717) is 11.8 Å². The van der Waals surface area contributed by atoms with Gasteiger partial charge in [-0.3, -0.25) is 4.79 Å². The zero-order valence-electron chi connectivity index (χ0n) is 25.7. The predicted molar refractivity (Wildman–Crippen MR) is 196 cm³/mol. The van der Waals surface area contributed by atoms with Gasteiger partial charge in [0.05, 0.1) is 12.1 Å². The van der Waals surface area contributed by atoms with E-state index in [1.54, 1.807) is 5.57 Å². The lowest BCUT2D eigenvalue weighted by Gasteiger charge is -2.58. The summed E-state index contributed by atoms with van der Waals surface area (Å²) in [6.45, 7) is 12.6. The van der Waals surface area contributed by atoms with Crippen LogP contribution in [0.4, 0.5) is 5.69 Å². The van der Waals surface area contributed by atoms with E-state index >= 15 is 0 Å². The Hall–Kier alpha value is 0.420. The summed E-state index contributed by atoms with van der Waals surface area (Å²) in [7, 11) is 0. The number of nitrogen functional groups attached to an aromatic ring is 1. The van der Waals surface area contributed by atoms with Crippen LogP contribution in [-0.4, -0.2) is 12.1 Å². The molecular formula is C35H50I3NO2. The summed E-state index contributed by atoms with van der Waals surface area (Å²) < 4.78 is 9.26. The minimum atomic E-state index is -0.114. The normalized spacial score (nSPS) is 35.3. The first-order chi connectivity index (χ1) is 19.3. The van der Waals surface area contributed by atoms with Gasteiger partial charge in [0, 0.05) is 17.1 Å². The molecule has 3 nitrogen and oxygen atoms in total. The molecule has 3 unspecified atom stereocenters. The van der Waals surface area contributed by atoms with Crippen molar-refractivity contribution in [2.75, 3.05) is 5.73 Å². The standard InChI is InChI=1S/C35H50I3NO2/c1-20(2)7-6-8-21(3)26-11-12-27-24-10-9-22-17-23(13-15-34(22,4)28(24)14-16-35(26,27)5)41-31(40)18-25-29(36)19-30(37)33(39)32(25)38/h9,19-21,23-24,26-28H,6-8,10-18,39H2,1-5H3/t21-,23+,24?,26-,27?,28?,34+,35-/m1/s1. The molecule has 41 heavy (non-hydrogen) atoms. The summed E-state index contributed by atoms with van der Waals surface area (Å²) in [4.78, 5) is 13.1. The van der Waals surface area contributed by atoms with Gasteiger partial charge in [-0.25, -0.2) is 0 Å². The number of halogens is 3. The van der Waals surface area contributed by atoms with Gasteiger partial charge in [0.1, 0.15) is 6.10 Å². The van der Waals surface area contributed by atoms with Crippen molar-refractivity contribution in [1.29, 1.82) is 0 Å². The maximum atomic E-state index is 13.1. The molecule has 6 heteroatoms. The highest BCUT2D eigenvalue weighted by Gasteiger charge is 2.59. The zero-order valence-corrected chi connectivity index (χ0v) is 32.2. The van der Waals surface area contributed by atoms with Crippen LogP contribution in [0.2, 0.25) is 0 Å². The SMILES string of the molecule is CC(C)CCC[C@@H](C)[C@H]1CCC2C3CC=C4C[C@@H](OC(=O)Cc5c(I)cc(I)c(N)c5I)CC[C@]4(C)C3CC[C@@]21C. The second-order valence-corrected chi connectivity index (χ2v) is 18.3. The molecule has 4 aliphatic carbocycles. The molecule has 1 aromatic carbocycles. The highest BCUT2D eigenvalue weighted by atomic mass is 127. The highest BCUT2D eigenvalue weighted by molar-refractivity contribution is 14.1. The fourth-order valence-corrected chi connectivity index (χ4v) is 13.7. The minimum absolute atomic E-state index is 0.00583. The van der Waals surface area contributed by atoms with Crippen LogP contribution in [0.1, 0.15) is 111 Å². The zero-order chi connectivity index (χ0) is 29.7. The number of hydrogen-bond acceptors (Lipinski definition) is 3. The van der Waals surface area contributed by atoms with Gasteiger partial charge < -0.3 is 10.5 Å². The maximum Gasteiger partial charge on any atom is 0.310 e. The van der Waals surface area contributed by atoms with Gasteiger partial charge in [-0.15, -0.1) is 0 Å². The number of allylic oxidation sites excluding steroid dienone is 1. The van der Waals surface area contributed by atoms with E-state index in [0.717, 1.165) is 76.7 Å². The Bertz CT molecular complexity index is 1180. The number of fused-ring (bicyclic) bond motifs is 5. The third kappa shape index (κ3) is 6.42. The summed E-state index contributed by atoms with van der Waals surface area (Å²) in [6.07, 6.45) is 17.1. The summed E-state index contributed by atoms with van der Waals surface area (Å²) in [5.41, 5.74) is 10.4. The Balaban J connectivity index is 1.23. The largest absolute Gasteiger partial charge is 0.462 e. The molecule has 0 spiro atoms. The Morgan fingerprint density at radius 3 is 2.51 bits per heavy atom. The molecule has 8 atom stereocenters. The summed E-state index contributed by atoms with van der Waals surface area (Å²) in [6, 6.07) is 2.06. The minimum Gasteiger partial charge on any atom is -0.462 e. The number of rotatable bonds is 8. The number of esters is 1. The van der Waals surface area contributed by atoms with E-state index in [9.17, 15) is 4.79 Å². The average molecular weight is 898 g/mol. The Morgan fingerprint density at radius 2 is 1.78 bits per heavy atom. The second kappa shape index (κ2) is 13.0. The van der Waals surface area contributed by atoms with Crippen LogP contribution in [0.25, 0.3) is 0 Å². The molecule has 2 N–H and O–H groups in total. The molecule has 3 saturated carbocycles. The van der Waals surface area contributed by atoms with Gasteiger partial charge in [0.2, 0.25) is 0 Å². The number of nitrogens with two attached hydrogens (primary N) is 1. The fourth-order valence-electron chi connectivity index (χ4n) is 9.93. The molecule has 0 bridgehead atoms. The van der Waals surface area contributed by atoms with Gasteiger partial charge in [0.25, 0.3) is 0 Å². The maximum absolute atomic E-state index is 13.1. The van der Waals surface area contributed by atoms with Crippen LogP contribution < -0.4 is 5.73 Å². The van der Waals surface area contributed by atoms with Crippen molar-refractivity contribution in [3.8, 4) is 0 Å². The van der Waals surface area contributed by atoms with Crippen molar-refractivity contribution >= 4 is 79.4 Å². The van der Waals surface area contributed by atoms with Crippen molar-refractivity contribution in [1.82, 2.24) is 0 Å². The first-order valence-electron chi connectivity index (χ1n) is 16.2. The second-order valence-electron chi connectivity index (χ2n) is 14.9. The molecule has 0 saturated heterocycles. The quantitative estimate of drug-likeness (QED) is 0.122. The smallest absolute Gasteiger partial charge is 0.310 e. The highest BCUT2D eigenvalue weighted by Crippen LogP contribution is 2.67. The average Bonchev–Trinajstić information content (AvgIpc) is 3.27. The third-order valence-electron chi connectivity index (χ3n) is 12.2. The Kier molecular flexibility index (Phi) is 10.4. The topological polar surface area (TPSA) is 52.3 Å². The summed E-state index contributed by atoms with van der Waals surface area (Å²) in [5, 5.41) is 0. The number of carbonyl (C=O) groups is 1. The fraction of sp³-hybridized carbons (Fsp3) is 0.743. The van der Waals surface area contributed by atoms with Crippen molar-refractivity contribution in [2.45, 2.75) is 118 Å². The molecule has 3 fully saturated rings. The van der Waals surface area contributed by atoms with Gasteiger partial charge in [-0.05, 0) is 171 Å². The van der Waals surface area contributed by atoms with Crippen LogP contribution in [0.5, 0.6) is 0 Å². The molecule has 0 aliphatic heterocycles. The number of benzene rings is 1. The lowest BCUT2D eigenvalue weighted by atomic mass is 9.47. The number of ether oxygens (including phenoxy) is 1. The van der Waals surface area contributed by atoms with Crippen LogP contribution in [0.3, 0.4) is 0 Å². The molecule has 0 radical (unpaired) electrons.